The summed E-state index contributed by atoms with van der Waals surface area (Å²) in [4.78, 5) is 8.82. The number of nitrogens with one attached hydrogen (secondary N) is 1. The van der Waals surface area contributed by atoms with Crippen molar-refractivity contribution in [1.29, 1.82) is 0 Å². The second-order valence-corrected chi connectivity index (χ2v) is 6.27. The number of fused-ring (bicyclic) bond motifs is 1. The molecule has 2 fully saturated rings. The number of rotatable bonds is 2. The number of hydrogen-bond donors (Lipinski definition) is 1. The van der Waals surface area contributed by atoms with Crippen molar-refractivity contribution in [2.75, 3.05) is 0 Å². The summed E-state index contributed by atoms with van der Waals surface area (Å²) < 4.78 is 7.39. The Morgan fingerprint density at radius 2 is 2.14 bits per heavy atom. The predicted octanol–water partition coefficient (Wildman–Crippen LogP) is 2.45. The monoisotopic (exact) mass is 287 g/mol. The molecule has 0 spiro atoms. The number of hydrogen-bond acceptors (Lipinski definition) is 5. The van der Waals surface area contributed by atoms with Gasteiger partial charge in [0.2, 0.25) is 11.7 Å². The quantitative estimate of drug-likeness (QED) is 0.919. The normalized spacial score (nSPS) is 29.3. The number of aryl methyl sites for hydroxylation is 1. The minimum absolute atomic E-state index is 0.200. The van der Waals surface area contributed by atoms with Crippen molar-refractivity contribution in [3.8, 4) is 11.6 Å². The fourth-order valence-corrected chi connectivity index (χ4v) is 3.74. The molecule has 0 bridgehead atoms. The van der Waals surface area contributed by atoms with E-state index in [-0.39, 0.29) is 6.04 Å². The minimum Gasteiger partial charge on any atom is -0.337 e. The minimum atomic E-state index is 0.200. The lowest BCUT2D eigenvalue weighted by Crippen LogP contribution is -2.44. The van der Waals surface area contributed by atoms with Gasteiger partial charge in [0.05, 0.1) is 6.04 Å². The van der Waals surface area contributed by atoms with Crippen LogP contribution in [0.25, 0.3) is 11.6 Å². The van der Waals surface area contributed by atoms with Crippen molar-refractivity contribution in [3.63, 3.8) is 0 Å². The summed E-state index contributed by atoms with van der Waals surface area (Å²) in [6.45, 7) is 0. The van der Waals surface area contributed by atoms with E-state index >= 15 is 0 Å². The van der Waals surface area contributed by atoms with Crippen LogP contribution in [0, 0.1) is 5.92 Å². The smallest absolute Gasteiger partial charge is 0.244 e. The molecule has 2 aromatic rings. The van der Waals surface area contributed by atoms with Gasteiger partial charge in [-0.25, -0.2) is 4.98 Å². The molecule has 112 valence electrons. The number of aromatic nitrogens is 4. The van der Waals surface area contributed by atoms with Crippen molar-refractivity contribution < 1.29 is 4.52 Å². The van der Waals surface area contributed by atoms with E-state index < -0.39 is 0 Å². The van der Waals surface area contributed by atoms with Gasteiger partial charge in [-0.2, -0.15) is 4.98 Å². The highest BCUT2D eigenvalue weighted by molar-refractivity contribution is 5.42. The maximum absolute atomic E-state index is 5.49. The number of imidazole rings is 1. The maximum Gasteiger partial charge on any atom is 0.244 e. The number of piperidine rings is 1. The molecule has 6 nitrogen and oxygen atoms in total. The number of nitrogens with zero attached hydrogens (tertiary/aromatic N) is 4. The fourth-order valence-electron chi connectivity index (χ4n) is 3.74. The van der Waals surface area contributed by atoms with Crippen LogP contribution in [-0.2, 0) is 7.05 Å². The van der Waals surface area contributed by atoms with Crippen LogP contribution < -0.4 is 5.32 Å². The van der Waals surface area contributed by atoms with E-state index in [1.54, 1.807) is 6.20 Å². The molecule has 3 atom stereocenters. The van der Waals surface area contributed by atoms with E-state index in [9.17, 15) is 0 Å². The average Bonchev–Trinajstić information content (AvgIpc) is 3.15. The zero-order valence-electron chi connectivity index (χ0n) is 12.3. The van der Waals surface area contributed by atoms with Gasteiger partial charge >= 0.3 is 0 Å². The zero-order valence-corrected chi connectivity index (χ0v) is 12.3. The summed E-state index contributed by atoms with van der Waals surface area (Å²) in [5.74, 6) is 2.87. The van der Waals surface area contributed by atoms with Crippen LogP contribution in [0.2, 0.25) is 0 Å². The Labute approximate surface area is 123 Å². The molecule has 1 aliphatic heterocycles. The van der Waals surface area contributed by atoms with Gasteiger partial charge < -0.3 is 14.4 Å². The second kappa shape index (κ2) is 5.26. The van der Waals surface area contributed by atoms with E-state index in [0.717, 1.165) is 18.2 Å². The van der Waals surface area contributed by atoms with Crippen molar-refractivity contribution >= 4 is 0 Å². The van der Waals surface area contributed by atoms with Crippen molar-refractivity contribution in [3.05, 3.63) is 18.3 Å². The SMILES string of the molecule is Cn1ccnc1-c1noc(C2CCC3CCCCC3N2)n1. The highest BCUT2D eigenvalue weighted by atomic mass is 16.5. The zero-order chi connectivity index (χ0) is 14.2. The first-order valence-electron chi connectivity index (χ1n) is 7.88. The third kappa shape index (κ3) is 2.37. The van der Waals surface area contributed by atoms with E-state index in [1.165, 1.54) is 32.1 Å². The lowest BCUT2D eigenvalue weighted by Gasteiger charge is -2.39. The molecule has 6 heteroatoms. The molecule has 0 radical (unpaired) electrons. The van der Waals surface area contributed by atoms with Crippen molar-refractivity contribution in [2.45, 2.75) is 50.6 Å². The first-order valence-corrected chi connectivity index (χ1v) is 7.88. The summed E-state index contributed by atoms with van der Waals surface area (Å²) in [5, 5.41) is 7.81. The summed E-state index contributed by atoms with van der Waals surface area (Å²) >= 11 is 0. The topological polar surface area (TPSA) is 68.8 Å². The molecule has 1 saturated heterocycles. The van der Waals surface area contributed by atoms with E-state index in [4.69, 9.17) is 4.52 Å². The summed E-state index contributed by atoms with van der Waals surface area (Å²) in [7, 11) is 1.93. The predicted molar refractivity (Wildman–Crippen MR) is 77.4 cm³/mol. The summed E-state index contributed by atoms with van der Waals surface area (Å²) in [5.41, 5.74) is 0. The highest BCUT2D eigenvalue weighted by Crippen LogP contribution is 2.36. The van der Waals surface area contributed by atoms with Gasteiger partial charge in [-0.15, -0.1) is 0 Å². The van der Waals surface area contributed by atoms with Crippen molar-refractivity contribution in [2.24, 2.45) is 13.0 Å². The molecule has 0 amide bonds. The first-order chi connectivity index (χ1) is 10.3. The largest absolute Gasteiger partial charge is 0.337 e. The molecular weight excluding hydrogens is 266 g/mol. The Bertz CT molecular complexity index is 619. The molecule has 1 saturated carbocycles. The second-order valence-electron chi connectivity index (χ2n) is 6.27. The standard InChI is InChI=1S/C15H21N5O/c1-20-9-8-16-14(20)13-18-15(21-19-13)12-7-6-10-4-2-3-5-11(10)17-12/h8-12,17H,2-7H2,1H3. The van der Waals surface area contributed by atoms with Crippen LogP contribution in [0.15, 0.2) is 16.9 Å². The summed E-state index contributed by atoms with van der Waals surface area (Å²) in [6, 6.07) is 0.826. The Balaban J connectivity index is 1.52. The van der Waals surface area contributed by atoms with Crippen LogP contribution in [-0.4, -0.2) is 25.7 Å². The summed E-state index contributed by atoms with van der Waals surface area (Å²) in [6.07, 6.45) is 11.4. The van der Waals surface area contributed by atoms with Gasteiger partial charge in [0, 0.05) is 25.5 Å². The molecule has 3 unspecified atom stereocenters. The molecule has 21 heavy (non-hydrogen) atoms. The Hall–Kier alpha value is -1.69. The third-order valence-corrected chi connectivity index (χ3v) is 4.91. The van der Waals surface area contributed by atoms with Gasteiger partial charge in [-0.05, 0) is 31.6 Å². The lowest BCUT2D eigenvalue weighted by atomic mass is 9.78. The van der Waals surface area contributed by atoms with E-state index in [1.807, 2.05) is 17.8 Å². The fraction of sp³-hybridized carbons (Fsp3) is 0.667. The van der Waals surface area contributed by atoms with Gasteiger partial charge in [-0.1, -0.05) is 18.0 Å². The van der Waals surface area contributed by atoms with E-state index in [2.05, 4.69) is 20.4 Å². The Kier molecular flexibility index (Phi) is 3.25. The van der Waals surface area contributed by atoms with Crippen LogP contribution in [0.1, 0.15) is 50.5 Å². The molecule has 2 aliphatic rings. The molecule has 3 heterocycles. The van der Waals surface area contributed by atoms with Crippen LogP contribution in [0.5, 0.6) is 0 Å². The molecule has 2 aromatic heterocycles. The molecule has 4 rings (SSSR count). The van der Waals surface area contributed by atoms with Crippen LogP contribution >= 0.6 is 0 Å². The molecule has 0 aromatic carbocycles. The molecule has 1 aliphatic carbocycles. The Morgan fingerprint density at radius 1 is 1.24 bits per heavy atom. The van der Waals surface area contributed by atoms with Gasteiger partial charge in [0.25, 0.3) is 0 Å². The Morgan fingerprint density at radius 3 is 3.00 bits per heavy atom. The average molecular weight is 287 g/mol. The van der Waals surface area contributed by atoms with Gasteiger partial charge in [-0.3, -0.25) is 0 Å². The van der Waals surface area contributed by atoms with Crippen LogP contribution in [0.3, 0.4) is 0 Å². The molecular formula is C15H21N5O. The lowest BCUT2D eigenvalue weighted by molar-refractivity contribution is 0.158. The third-order valence-electron chi connectivity index (χ3n) is 4.91. The molecule has 1 N–H and O–H groups in total. The van der Waals surface area contributed by atoms with Gasteiger partial charge in [0.1, 0.15) is 0 Å². The maximum atomic E-state index is 5.49. The van der Waals surface area contributed by atoms with Crippen molar-refractivity contribution in [1.82, 2.24) is 25.0 Å². The highest BCUT2D eigenvalue weighted by Gasteiger charge is 2.34. The first kappa shape index (κ1) is 13.0. The van der Waals surface area contributed by atoms with Crippen LogP contribution in [0.4, 0.5) is 0 Å². The van der Waals surface area contributed by atoms with Gasteiger partial charge in [0.15, 0.2) is 5.82 Å². The van der Waals surface area contributed by atoms with E-state index in [0.29, 0.717) is 17.8 Å².